The van der Waals surface area contributed by atoms with Gasteiger partial charge < -0.3 is 14.5 Å². The summed E-state index contributed by atoms with van der Waals surface area (Å²) in [7, 11) is 0. The molecule has 5 unspecified atom stereocenters. The van der Waals surface area contributed by atoms with Gasteiger partial charge in [0.05, 0.1) is 29.2 Å². The molecule has 10 rings (SSSR count). The van der Waals surface area contributed by atoms with Crippen molar-refractivity contribution < 1.29 is 27.1 Å². The maximum Gasteiger partial charge on any atom is 0.319 e. The molecule has 0 spiro atoms. The molecule has 266 valence electrons. The first kappa shape index (κ1) is 32.4. The number of hydrogen-bond donors (Lipinski definition) is 2. The Kier molecular flexibility index (Phi) is 7.94. The maximum absolute atomic E-state index is 17.2. The number of aromatic nitrogens is 3. The van der Waals surface area contributed by atoms with Crippen LogP contribution in [0.3, 0.4) is 0 Å². The maximum atomic E-state index is 17.2. The fourth-order valence-electron chi connectivity index (χ4n) is 10.6. The number of hydrogen-bond acceptors (Lipinski definition) is 9. The minimum absolute atomic E-state index is 0.0343. The van der Waals surface area contributed by atoms with Gasteiger partial charge in [0.25, 0.3) is 5.92 Å². The lowest BCUT2D eigenvalue weighted by atomic mass is 9.66. The van der Waals surface area contributed by atoms with E-state index in [2.05, 4.69) is 20.7 Å². The van der Waals surface area contributed by atoms with Crippen LogP contribution in [0.2, 0.25) is 0 Å². The molecular formula is C34H43ClF4N8O2. The van der Waals surface area contributed by atoms with Crippen LogP contribution in [0.1, 0.15) is 69.4 Å². The van der Waals surface area contributed by atoms with Gasteiger partial charge in [-0.1, -0.05) is 6.42 Å². The number of ether oxygens (including phenoxy) is 1. The Morgan fingerprint density at radius 1 is 1.10 bits per heavy atom. The highest BCUT2D eigenvalue weighted by atomic mass is 35.5. The normalized spacial score (nSPS) is 38.8. The van der Waals surface area contributed by atoms with Gasteiger partial charge in [-0.3, -0.25) is 25.5 Å². The Bertz CT molecular complexity index is 1640. The summed E-state index contributed by atoms with van der Waals surface area (Å²) in [6, 6.07) is -0.703. The number of amides is 1. The molecule has 6 bridgehead atoms. The van der Waals surface area contributed by atoms with Gasteiger partial charge >= 0.3 is 6.01 Å². The summed E-state index contributed by atoms with van der Waals surface area (Å²) in [5.74, 6) is -4.83. The second-order valence-corrected chi connectivity index (χ2v) is 16.1. The van der Waals surface area contributed by atoms with Gasteiger partial charge in [-0.2, -0.15) is 9.97 Å². The topological polar surface area (TPSA) is 98.7 Å². The summed E-state index contributed by atoms with van der Waals surface area (Å²) in [6.45, 7) is 1.73. The minimum atomic E-state index is -3.00. The molecule has 9 atom stereocenters. The van der Waals surface area contributed by atoms with Gasteiger partial charge in [0.15, 0.2) is 5.82 Å². The zero-order valence-electron chi connectivity index (χ0n) is 27.4. The van der Waals surface area contributed by atoms with Gasteiger partial charge in [0.2, 0.25) is 5.91 Å². The molecule has 2 aromatic heterocycles. The number of anilines is 1. The Morgan fingerprint density at radius 3 is 2.86 bits per heavy atom. The van der Waals surface area contributed by atoms with Crippen molar-refractivity contribution in [2.45, 2.75) is 98.8 Å². The van der Waals surface area contributed by atoms with Crippen LogP contribution in [0, 0.1) is 23.6 Å². The molecule has 2 aromatic rings. The highest BCUT2D eigenvalue weighted by molar-refractivity contribution is 6.21. The molecule has 8 aliphatic rings. The molecule has 9 heterocycles. The van der Waals surface area contributed by atoms with Crippen LogP contribution < -0.4 is 20.5 Å². The Hall–Kier alpha value is -2.55. The van der Waals surface area contributed by atoms with E-state index in [0.717, 1.165) is 19.4 Å². The molecule has 1 amide bonds. The summed E-state index contributed by atoms with van der Waals surface area (Å²) in [6.07, 6.45) is 5.65. The van der Waals surface area contributed by atoms with Gasteiger partial charge in [-0.25, -0.2) is 17.6 Å². The van der Waals surface area contributed by atoms with Crippen molar-refractivity contribution in [1.29, 1.82) is 0 Å². The summed E-state index contributed by atoms with van der Waals surface area (Å²) in [5.41, 5.74) is 6.46. The molecule has 1 aliphatic carbocycles. The van der Waals surface area contributed by atoms with Crippen molar-refractivity contribution in [3.63, 3.8) is 0 Å². The van der Waals surface area contributed by atoms with Crippen LogP contribution in [-0.2, 0) is 4.79 Å². The average Bonchev–Trinajstić information content (AvgIpc) is 3.83. The van der Waals surface area contributed by atoms with E-state index >= 15 is 13.2 Å². The van der Waals surface area contributed by atoms with Crippen LogP contribution in [0.15, 0.2) is 6.20 Å². The molecule has 0 radical (unpaired) electrons. The van der Waals surface area contributed by atoms with Crippen LogP contribution >= 0.6 is 11.6 Å². The van der Waals surface area contributed by atoms with Crippen molar-refractivity contribution in [3.05, 3.63) is 17.7 Å². The number of carbonyl (C=O) groups excluding carboxylic acids is 1. The highest BCUT2D eigenvalue weighted by Crippen LogP contribution is 2.49. The van der Waals surface area contributed by atoms with Crippen LogP contribution in [0.25, 0.3) is 10.9 Å². The van der Waals surface area contributed by atoms with Gasteiger partial charge in [0, 0.05) is 68.5 Å². The number of hydrazine groups is 1. The number of alkyl halides is 4. The lowest BCUT2D eigenvalue weighted by Gasteiger charge is -2.42. The van der Waals surface area contributed by atoms with Crippen LogP contribution in [0.5, 0.6) is 6.01 Å². The van der Waals surface area contributed by atoms with Crippen molar-refractivity contribution in [1.82, 2.24) is 35.6 Å². The summed E-state index contributed by atoms with van der Waals surface area (Å²) in [5, 5.41) is 0.106. The second-order valence-electron chi connectivity index (χ2n) is 15.6. The number of nitrogens with zero attached hydrogens (tertiary/aromatic N) is 6. The van der Waals surface area contributed by atoms with Crippen molar-refractivity contribution in [2.75, 3.05) is 50.8 Å². The van der Waals surface area contributed by atoms with Crippen molar-refractivity contribution in [2.24, 2.45) is 17.8 Å². The molecule has 7 aliphatic heterocycles. The smallest absolute Gasteiger partial charge is 0.319 e. The zero-order chi connectivity index (χ0) is 33.7. The van der Waals surface area contributed by atoms with E-state index < -0.39 is 42.0 Å². The SMILES string of the molecule is O=C1CCCCC2C(Cl)CC3NNCC3C2c2ncc3c(nc(OC[C@@]45CCCN4C[C@H](F)C5)nc3c2F)N2CC[C@@H]3[C@H](C2)N1CC3(F)F. The van der Waals surface area contributed by atoms with E-state index in [4.69, 9.17) is 26.3 Å². The number of pyridine rings is 1. The van der Waals surface area contributed by atoms with E-state index in [1.54, 1.807) is 6.20 Å². The van der Waals surface area contributed by atoms with Crippen molar-refractivity contribution in [3.8, 4) is 6.01 Å². The molecule has 5 saturated heterocycles. The quantitative estimate of drug-likeness (QED) is 0.360. The molecule has 1 saturated carbocycles. The predicted molar refractivity (Wildman–Crippen MR) is 174 cm³/mol. The third kappa shape index (κ3) is 5.28. The zero-order valence-corrected chi connectivity index (χ0v) is 28.2. The van der Waals surface area contributed by atoms with Gasteiger partial charge in [-0.05, 0) is 56.9 Å². The Morgan fingerprint density at radius 2 is 1.98 bits per heavy atom. The molecular weight excluding hydrogens is 664 g/mol. The van der Waals surface area contributed by atoms with E-state index in [0.29, 0.717) is 62.1 Å². The first-order valence-corrected chi connectivity index (χ1v) is 18.5. The number of carbonyl (C=O) groups is 1. The predicted octanol–water partition coefficient (Wildman–Crippen LogP) is 4.17. The third-order valence-corrected chi connectivity index (χ3v) is 13.4. The lowest BCUT2D eigenvalue weighted by Crippen LogP contribution is -2.51. The lowest BCUT2D eigenvalue weighted by molar-refractivity contribution is -0.133. The standard InChI is InChI=1S/C34H43ClF4N8O2/c35-23-10-24-20(13-41-44-24)27-19(23)4-1-2-5-26(48)47-16-34(38,39)22-6-9-45(15-25(22)47)31-21-12-40-30(27)28(37)29(21)42-32(43-31)49-17-33-7-3-8-46(33)14-18(36)11-33/h12,18-20,22-25,27,41,44H,1-11,13-17H2/t18-,19?,20?,22-,23?,24?,25+,27?,33+/m1/s1. The number of nitrogens with one attached hydrogen (secondary N) is 2. The molecule has 10 nitrogen and oxygen atoms in total. The van der Waals surface area contributed by atoms with Gasteiger partial charge in [-0.15, -0.1) is 11.6 Å². The minimum Gasteiger partial charge on any atom is -0.461 e. The Balaban J connectivity index is 1.16. The first-order chi connectivity index (χ1) is 23.6. The van der Waals surface area contributed by atoms with E-state index in [-0.39, 0.29) is 79.1 Å². The third-order valence-electron chi connectivity index (χ3n) is 12.9. The second kappa shape index (κ2) is 12.0. The first-order valence-electron chi connectivity index (χ1n) is 18.0. The molecule has 49 heavy (non-hydrogen) atoms. The summed E-state index contributed by atoms with van der Waals surface area (Å²) in [4.78, 5) is 33.2. The fraction of sp³-hybridized carbons (Fsp3) is 0.765. The molecule has 2 N–H and O–H groups in total. The van der Waals surface area contributed by atoms with E-state index in [9.17, 15) is 9.18 Å². The van der Waals surface area contributed by atoms with Gasteiger partial charge in [0.1, 0.15) is 24.1 Å². The summed E-state index contributed by atoms with van der Waals surface area (Å²) >= 11 is 7.06. The number of fused-ring (bicyclic) bond motifs is 7. The fourth-order valence-corrected chi connectivity index (χ4v) is 11.1. The van der Waals surface area contributed by atoms with E-state index in [1.807, 2.05) is 4.90 Å². The van der Waals surface area contributed by atoms with E-state index in [1.165, 1.54) is 4.90 Å². The van der Waals surface area contributed by atoms with Crippen LogP contribution in [0.4, 0.5) is 23.4 Å². The molecule has 6 fully saturated rings. The number of rotatable bonds is 3. The Labute approximate surface area is 287 Å². The van der Waals surface area contributed by atoms with Crippen LogP contribution in [-0.4, -0.2) is 112 Å². The largest absolute Gasteiger partial charge is 0.461 e. The molecule has 0 aromatic carbocycles. The highest BCUT2D eigenvalue weighted by Gasteiger charge is 2.57. The average molecular weight is 707 g/mol. The molecule has 15 heteroatoms. The number of halogens is 5. The monoisotopic (exact) mass is 706 g/mol. The summed E-state index contributed by atoms with van der Waals surface area (Å²) < 4.78 is 68.8. The number of piperidine rings is 1. The van der Waals surface area contributed by atoms with Crippen molar-refractivity contribution >= 4 is 34.2 Å².